The number of carbonyl (C=O) groups excluding carboxylic acids is 1. The smallest absolute Gasteiger partial charge is 0.261 e. The van der Waals surface area contributed by atoms with Gasteiger partial charge in [0.05, 0.1) is 11.4 Å². The molecule has 0 aliphatic carbocycles. The molecule has 3 aromatic rings. The van der Waals surface area contributed by atoms with Gasteiger partial charge < -0.3 is 10.3 Å². The molecule has 27 heavy (non-hydrogen) atoms. The molecule has 0 aromatic carbocycles. The van der Waals surface area contributed by atoms with Crippen LogP contribution in [0.1, 0.15) is 33.1 Å². The number of pyridine rings is 2. The lowest BCUT2D eigenvalue weighted by Crippen LogP contribution is -2.31. The van der Waals surface area contributed by atoms with E-state index in [9.17, 15) is 9.59 Å². The Hall–Kier alpha value is -3.35. The second-order valence-corrected chi connectivity index (χ2v) is 6.32. The maximum Gasteiger partial charge on any atom is 0.261 e. The van der Waals surface area contributed by atoms with Crippen LogP contribution in [-0.4, -0.2) is 32.4 Å². The highest BCUT2D eigenvalue weighted by molar-refractivity contribution is 5.94. The fourth-order valence-electron chi connectivity index (χ4n) is 2.73. The molecule has 0 atom stereocenters. The Labute approximate surface area is 156 Å². The largest absolute Gasteiger partial charge is 0.351 e. The van der Waals surface area contributed by atoms with E-state index in [-0.39, 0.29) is 11.1 Å². The van der Waals surface area contributed by atoms with Crippen LogP contribution in [0.15, 0.2) is 41.5 Å². The quantitative estimate of drug-likeness (QED) is 0.723. The zero-order chi connectivity index (χ0) is 19.4. The van der Waals surface area contributed by atoms with Crippen LogP contribution in [0.4, 0.5) is 0 Å². The Balaban J connectivity index is 1.74. The van der Waals surface area contributed by atoms with Gasteiger partial charge in [-0.2, -0.15) is 0 Å². The molecule has 0 unspecified atom stereocenters. The summed E-state index contributed by atoms with van der Waals surface area (Å²) in [5, 5.41) is 2.79. The number of hydrogen-bond acceptors (Lipinski definition) is 5. The van der Waals surface area contributed by atoms with Crippen molar-refractivity contribution in [3.63, 3.8) is 0 Å². The number of amides is 1. The monoisotopic (exact) mass is 363 g/mol. The molecule has 0 bridgehead atoms. The third-order valence-corrected chi connectivity index (χ3v) is 4.32. The van der Waals surface area contributed by atoms with Crippen LogP contribution >= 0.6 is 0 Å². The van der Waals surface area contributed by atoms with E-state index in [4.69, 9.17) is 0 Å². The number of aromatic nitrogens is 4. The van der Waals surface area contributed by atoms with Gasteiger partial charge in [-0.1, -0.05) is 6.07 Å². The Bertz CT molecular complexity index is 1030. The van der Waals surface area contributed by atoms with Crippen molar-refractivity contribution in [3.05, 3.63) is 75.4 Å². The van der Waals surface area contributed by atoms with E-state index < -0.39 is 5.91 Å². The molecule has 0 fully saturated rings. The molecule has 0 saturated carbocycles. The number of hydrogen-bond donors (Lipinski definition) is 2. The van der Waals surface area contributed by atoms with Crippen molar-refractivity contribution in [2.75, 3.05) is 6.54 Å². The van der Waals surface area contributed by atoms with Gasteiger partial charge in [0.1, 0.15) is 11.4 Å². The molecule has 0 aliphatic heterocycles. The average molecular weight is 363 g/mol. The minimum atomic E-state index is -0.399. The zero-order valence-corrected chi connectivity index (χ0v) is 15.5. The van der Waals surface area contributed by atoms with Crippen LogP contribution < -0.4 is 10.9 Å². The fraction of sp³-hybridized carbons (Fsp3) is 0.250. The van der Waals surface area contributed by atoms with E-state index in [1.54, 1.807) is 25.4 Å². The van der Waals surface area contributed by atoms with Crippen molar-refractivity contribution in [2.45, 2.75) is 27.2 Å². The van der Waals surface area contributed by atoms with Gasteiger partial charge in [-0.25, -0.2) is 9.97 Å². The highest BCUT2D eigenvalue weighted by atomic mass is 16.2. The summed E-state index contributed by atoms with van der Waals surface area (Å²) in [6, 6.07) is 7.25. The van der Waals surface area contributed by atoms with E-state index in [1.807, 2.05) is 32.0 Å². The van der Waals surface area contributed by atoms with E-state index in [1.165, 1.54) is 0 Å². The molecule has 0 aliphatic rings. The average Bonchev–Trinajstić information content (AvgIpc) is 2.65. The minimum Gasteiger partial charge on any atom is -0.351 e. The van der Waals surface area contributed by atoms with Gasteiger partial charge in [-0.3, -0.25) is 14.6 Å². The molecule has 0 radical (unpaired) electrons. The fourth-order valence-corrected chi connectivity index (χ4v) is 2.73. The van der Waals surface area contributed by atoms with Gasteiger partial charge in [0, 0.05) is 36.6 Å². The molecule has 0 spiro atoms. The van der Waals surface area contributed by atoms with Crippen molar-refractivity contribution in [1.82, 2.24) is 25.3 Å². The summed E-state index contributed by atoms with van der Waals surface area (Å²) < 4.78 is 0. The molecule has 7 nitrogen and oxygen atoms in total. The van der Waals surface area contributed by atoms with Crippen LogP contribution in [0.25, 0.3) is 11.3 Å². The topological polar surface area (TPSA) is 101 Å². The Morgan fingerprint density at radius 3 is 2.74 bits per heavy atom. The number of rotatable bonds is 5. The molecule has 1 amide bonds. The summed E-state index contributed by atoms with van der Waals surface area (Å²) in [5.41, 5.74) is 3.76. The molecule has 7 heteroatoms. The van der Waals surface area contributed by atoms with Gasteiger partial charge in [-0.05, 0) is 44.5 Å². The number of aromatic amines is 1. The molecular formula is C20H21N5O2. The summed E-state index contributed by atoms with van der Waals surface area (Å²) in [5.74, 6) is 0.256. The first-order chi connectivity index (χ1) is 13.0. The number of nitrogens with one attached hydrogen (secondary N) is 2. The van der Waals surface area contributed by atoms with Gasteiger partial charge in [-0.15, -0.1) is 0 Å². The second-order valence-electron chi connectivity index (χ2n) is 6.32. The van der Waals surface area contributed by atoms with Gasteiger partial charge >= 0.3 is 0 Å². The lowest BCUT2D eigenvalue weighted by Gasteiger charge is -2.10. The Morgan fingerprint density at radius 2 is 2.00 bits per heavy atom. The first kappa shape index (κ1) is 18.4. The third kappa shape index (κ3) is 4.25. The maximum atomic E-state index is 12.4. The first-order valence-electron chi connectivity index (χ1n) is 8.68. The highest BCUT2D eigenvalue weighted by Crippen LogP contribution is 2.19. The maximum absolute atomic E-state index is 12.4. The predicted octanol–water partition coefficient (Wildman–Crippen LogP) is 2.12. The van der Waals surface area contributed by atoms with Gasteiger partial charge in [0.15, 0.2) is 0 Å². The standard InChI is InChI=1S/C20H21N5O2/c1-12-10-15(20(27)24-13(12)2)19(26)22-9-7-18-16(11-23-14(3)25-18)17-6-4-5-8-21-17/h4-6,8,10-11H,7,9H2,1-3H3,(H,22,26)(H,24,27). The van der Waals surface area contributed by atoms with Crippen molar-refractivity contribution < 1.29 is 4.79 Å². The summed E-state index contributed by atoms with van der Waals surface area (Å²) >= 11 is 0. The van der Waals surface area contributed by atoms with E-state index >= 15 is 0 Å². The normalized spacial score (nSPS) is 10.6. The van der Waals surface area contributed by atoms with Crippen molar-refractivity contribution >= 4 is 5.91 Å². The van der Waals surface area contributed by atoms with Gasteiger partial charge in [0.25, 0.3) is 11.5 Å². The SMILES string of the molecule is Cc1ncc(-c2ccccn2)c(CCNC(=O)c2cc(C)c(C)[nH]c2=O)n1. The van der Waals surface area contributed by atoms with Crippen molar-refractivity contribution in [2.24, 2.45) is 0 Å². The number of H-pyrrole nitrogens is 1. The summed E-state index contributed by atoms with van der Waals surface area (Å²) in [6.07, 6.45) is 3.96. The lowest BCUT2D eigenvalue weighted by molar-refractivity contribution is 0.0952. The highest BCUT2D eigenvalue weighted by Gasteiger charge is 2.13. The third-order valence-electron chi connectivity index (χ3n) is 4.32. The van der Waals surface area contributed by atoms with Crippen LogP contribution in [-0.2, 0) is 6.42 Å². The van der Waals surface area contributed by atoms with Gasteiger partial charge in [0.2, 0.25) is 0 Å². The molecule has 0 saturated heterocycles. The van der Waals surface area contributed by atoms with Crippen LogP contribution in [0, 0.1) is 20.8 Å². The molecule has 3 aromatic heterocycles. The summed E-state index contributed by atoms with van der Waals surface area (Å²) in [7, 11) is 0. The molecular weight excluding hydrogens is 342 g/mol. The summed E-state index contributed by atoms with van der Waals surface area (Å²) in [4.78, 5) is 40.2. The number of nitrogens with zero attached hydrogens (tertiary/aromatic N) is 3. The minimum absolute atomic E-state index is 0.113. The number of aryl methyl sites for hydroxylation is 3. The van der Waals surface area contributed by atoms with Crippen molar-refractivity contribution in [1.29, 1.82) is 0 Å². The predicted molar refractivity (Wildman–Crippen MR) is 103 cm³/mol. The van der Waals surface area contributed by atoms with Crippen molar-refractivity contribution in [3.8, 4) is 11.3 Å². The van der Waals surface area contributed by atoms with E-state index in [0.717, 1.165) is 28.2 Å². The number of carbonyl (C=O) groups is 1. The van der Waals surface area contributed by atoms with E-state index in [2.05, 4.69) is 25.3 Å². The lowest BCUT2D eigenvalue weighted by atomic mass is 10.1. The first-order valence-corrected chi connectivity index (χ1v) is 8.68. The van der Waals surface area contributed by atoms with Crippen LogP contribution in [0.2, 0.25) is 0 Å². The molecule has 138 valence electrons. The molecule has 3 heterocycles. The van der Waals surface area contributed by atoms with Crippen LogP contribution in [0.5, 0.6) is 0 Å². The van der Waals surface area contributed by atoms with Crippen LogP contribution in [0.3, 0.4) is 0 Å². The second kappa shape index (κ2) is 7.90. The molecule has 3 rings (SSSR count). The Kier molecular flexibility index (Phi) is 5.40. The van der Waals surface area contributed by atoms with E-state index in [0.29, 0.717) is 18.8 Å². The Morgan fingerprint density at radius 1 is 1.19 bits per heavy atom. The molecule has 2 N–H and O–H groups in total. The summed E-state index contributed by atoms with van der Waals surface area (Å²) in [6.45, 7) is 5.82. The zero-order valence-electron chi connectivity index (χ0n) is 15.5.